The molecule has 19 heavy (non-hydrogen) atoms. The number of aliphatic hydroxyl groups is 1. The molecule has 1 heterocycles. The van der Waals surface area contributed by atoms with Crippen LogP contribution in [-0.2, 0) is 0 Å². The summed E-state index contributed by atoms with van der Waals surface area (Å²) in [5.74, 6) is 1.48. The van der Waals surface area contributed by atoms with Crippen molar-refractivity contribution < 1.29 is 14.6 Å². The van der Waals surface area contributed by atoms with Gasteiger partial charge in [0, 0.05) is 12.6 Å². The van der Waals surface area contributed by atoms with Crippen molar-refractivity contribution in [2.45, 2.75) is 39.3 Å². The SMILES string of the molecule is CCC(C)N(CC)CC(O)c1ccc2c(c1)OCO2. The van der Waals surface area contributed by atoms with Gasteiger partial charge in [-0.3, -0.25) is 4.90 Å². The summed E-state index contributed by atoms with van der Waals surface area (Å²) in [5, 5.41) is 10.4. The van der Waals surface area contributed by atoms with E-state index in [0.717, 1.165) is 30.0 Å². The third-order valence-electron chi connectivity index (χ3n) is 3.81. The first-order valence-corrected chi connectivity index (χ1v) is 6.97. The van der Waals surface area contributed by atoms with Crippen LogP contribution < -0.4 is 9.47 Å². The number of likely N-dealkylation sites (N-methyl/N-ethyl adjacent to an activating group) is 1. The van der Waals surface area contributed by atoms with E-state index in [-0.39, 0.29) is 6.79 Å². The smallest absolute Gasteiger partial charge is 0.231 e. The van der Waals surface area contributed by atoms with Crippen LogP contribution in [0.2, 0.25) is 0 Å². The Morgan fingerprint density at radius 3 is 2.68 bits per heavy atom. The van der Waals surface area contributed by atoms with Crippen LogP contribution in [0.5, 0.6) is 11.5 Å². The Balaban J connectivity index is 2.05. The molecular formula is C15H23NO3. The summed E-state index contributed by atoms with van der Waals surface area (Å²) in [5.41, 5.74) is 0.881. The lowest BCUT2D eigenvalue weighted by Gasteiger charge is -2.29. The fourth-order valence-electron chi connectivity index (χ4n) is 2.33. The molecule has 1 aromatic rings. The maximum Gasteiger partial charge on any atom is 0.231 e. The van der Waals surface area contributed by atoms with E-state index in [1.165, 1.54) is 0 Å². The molecule has 2 rings (SSSR count). The van der Waals surface area contributed by atoms with Gasteiger partial charge in [-0.2, -0.15) is 0 Å². The van der Waals surface area contributed by atoms with E-state index in [1.54, 1.807) is 0 Å². The van der Waals surface area contributed by atoms with Gasteiger partial charge in [-0.1, -0.05) is 19.9 Å². The molecule has 0 saturated heterocycles. The summed E-state index contributed by atoms with van der Waals surface area (Å²) in [7, 11) is 0. The molecule has 0 aliphatic carbocycles. The van der Waals surface area contributed by atoms with Crippen LogP contribution in [0.15, 0.2) is 18.2 Å². The lowest BCUT2D eigenvalue weighted by atomic mass is 10.1. The van der Waals surface area contributed by atoms with Gasteiger partial charge < -0.3 is 14.6 Å². The van der Waals surface area contributed by atoms with E-state index in [1.807, 2.05) is 18.2 Å². The van der Waals surface area contributed by atoms with Gasteiger partial charge in [0.05, 0.1) is 6.10 Å². The van der Waals surface area contributed by atoms with Crippen LogP contribution in [0.3, 0.4) is 0 Å². The zero-order valence-electron chi connectivity index (χ0n) is 11.9. The van der Waals surface area contributed by atoms with Crippen molar-refractivity contribution in [3.05, 3.63) is 23.8 Å². The van der Waals surface area contributed by atoms with Crippen molar-refractivity contribution in [1.82, 2.24) is 4.90 Å². The average molecular weight is 265 g/mol. The predicted octanol–water partition coefficient (Wildman–Crippen LogP) is 2.57. The highest BCUT2D eigenvalue weighted by Gasteiger charge is 2.19. The van der Waals surface area contributed by atoms with Crippen molar-refractivity contribution >= 4 is 0 Å². The Morgan fingerprint density at radius 2 is 2.00 bits per heavy atom. The average Bonchev–Trinajstić information content (AvgIpc) is 2.90. The molecule has 1 aliphatic rings. The molecule has 0 spiro atoms. The van der Waals surface area contributed by atoms with Crippen LogP contribution in [-0.4, -0.2) is 35.9 Å². The molecule has 1 aliphatic heterocycles. The second kappa shape index (κ2) is 6.26. The van der Waals surface area contributed by atoms with Crippen molar-refractivity contribution in [2.75, 3.05) is 19.9 Å². The molecule has 106 valence electrons. The molecular weight excluding hydrogens is 242 g/mol. The molecule has 0 saturated carbocycles. The highest BCUT2D eigenvalue weighted by atomic mass is 16.7. The molecule has 0 bridgehead atoms. The zero-order chi connectivity index (χ0) is 13.8. The van der Waals surface area contributed by atoms with E-state index in [2.05, 4.69) is 25.7 Å². The van der Waals surface area contributed by atoms with Gasteiger partial charge in [0.25, 0.3) is 0 Å². The summed E-state index contributed by atoms with van der Waals surface area (Å²) in [6.45, 7) is 8.33. The van der Waals surface area contributed by atoms with Crippen molar-refractivity contribution in [3.63, 3.8) is 0 Å². The molecule has 0 aromatic heterocycles. The Bertz CT molecular complexity index is 422. The highest BCUT2D eigenvalue weighted by molar-refractivity contribution is 5.45. The van der Waals surface area contributed by atoms with Gasteiger partial charge in [-0.25, -0.2) is 0 Å². The monoisotopic (exact) mass is 265 g/mol. The Hall–Kier alpha value is -1.26. The molecule has 0 amide bonds. The number of aliphatic hydroxyl groups excluding tert-OH is 1. The first kappa shape index (κ1) is 14.2. The Labute approximate surface area is 114 Å². The van der Waals surface area contributed by atoms with Gasteiger partial charge in [0.2, 0.25) is 6.79 Å². The number of hydrogen-bond donors (Lipinski definition) is 1. The van der Waals surface area contributed by atoms with E-state index in [4.69, 9.17) is 9.47 Å². The van der Waals surface area contributed by atoms with Gasteiger partial charge in [0.1, 0.15) is 0 Å². The predicted molar refractivity (Wildman–Crippen MR) is 74.5 cm³/mol. The van der Waals surface area contributed by atoms with Crippen molar-refractivity contribution in [3.8, 4) is 11.5 Å². The van der Waals surface area contributed by atoms with Gasteiger partial charge in [0.15, 0.2) is 11.5 Å². The van der Waals surface area contributed by atoms with Crippen molar-refractivity contribution in [1.29, 1.82) is 0 Å². The number of rotatable bonds is 6. The summed E-state index contributed by atoms with van der Waals surface area (Å²) in [4.78, 5) is 2.29. The second-order valence-corrected chi connectivity index (χ2v) is 4.97. The van der Waals surface area contributed by atoms with Gasteiger partial charge in [-0.05, 0) is 37.6 Å². The largest absolute Gasteiger partial charge is 0.454 e. The summed E-state index contributed by atoms with van der Waals surface area (Å²) in [6.07, 6.45) is 0.588. The molecule has 2 unspecified atom stereocenters. The normalized spacial score (nSPS) is 16.7. The second-order valence-electron chi connectivity index (χ2n) is 4.97. The van der Waals surface area contributed by atoms with E-state index in [9.17, 15) is 5.11 Å². The lowest BCUT2D eigenvalue weighted by Crippen LogP contribution is -2.35. The molecule has 2 atom stereocenters. The zero-order valence-corrected chi connectivity index (χ0v) is 11.9. The summed E-state index contributed by atoms with van der Waals surface area (Å²) in [6, 6.07) is 6.12. The topological polar surface area (TPSA) is 41.9 Å². The summed E-state index contributed by atoms with van der Waals surface area (Å²) < 4.78 is 10.6. The molecule has 4 nitrogen and oxygen atoms in total. The fourth-order valence-corrected chi connectivity index (χ4v) is 2.33. The number of fused-ring (bicyclic) bond motifs is 1. The molecule has 0 radical (unpaired) electrons. The number of benzene rings is 1. The maximum absolute atomic E-state index is 10.4. The van der Waals surface area contributed by atoms with Gasteiger partial charge >= 0.3 is 0 Å². The quantitative estimate of drug-likeness (QED) is 0.858. The fraction of sp³-hybridized carbons (Fsp3) is 0.600. The highest BCUT2D eigenvalue weighted by Crippen LogP contribution is 2.34. The van der Waals surface area contributed by atoms with E-state index >= 15 is 0 Å². The van der Waals surface area contributed by atoms with Crippen LogP contribution in [0.1, 0.15) is 38.9 Å². The molecule has 1 N–H and O–H groups in total. The number of nitrogens with zero attached hydrogens (tertiary/aromatic N) is 1. The maximum atomic E-state index is 10.4. The first-order chi connectivity index (χ1) is 9.15. The standard InChI is InChI=1S/C15H23NO3/c1-4-11(3)16(5-2)9-13(17)12-6-7-14-15(8-12)19-10-18-14/h6-8,11,13,17H,4-5,9-10H2,1-3H3. The van der Waals surface area contributed by atoms with E-state index < -0.39 is 6.10 Å². The summed E-state index contributed by atoms with van der Waals surface area (Å²) >= 11 is 0. The van der Waals surface area contributed by atoms with Crippen LogP contribution in [0, 0.1) is 0 Å². The van der Waals surface area contributed by atoms with E-state index in [0.29, 0.717) is 12.6 Å². The first-order valence-electron chi connectivity index (χ1n) is 6.97. The minimum atomic E-state index is -0.497. The Morgan fingerprint density at radius 1 is 1.26 bits per heavy atom. The van der Waals surface area contributed by atoms with Crippen molar-refractivity contribution in [2.24, 2.45) is 0 Å². The minimum absolute atomic E-state index is 0.267. The molecule has 4 heteroatoms. The minimum Gasteiger partial charge on any atom is -0.454 e. The van der Waals surface area contributed by atoms with Crippen LogP contribution in [0.4, 0.5) is 0 Å². The number of ether oxygens (including phenoxy) is 2. The lowest BCUT2D eigenvalue weighted by molar-refractivity contribution is 0.0933. The van der Waals surface area contributed by atoms with Crippen LogP contribution in [0.25, 0.3) is 0 Å². The third kappa shape index (κ3) is 3.19. The van der Waals surface area contributed by atoms with Gasteiger partial charge in [-0.15, -0.1) is 0 Å². The molecule has 1 aromatic carbocycles. The Kier molecular flexibility index (Phi) is 4.66. The molecule has 0 fully saturated rings. The van der Waals surface area contributed by atoms with Crippen LogP contribution >= 0.6 is 0 Å². The third-order valence-corrected chi connectivity index (χ3v) is 3.81. The number of hydrogen-bond acceptors (Lipinski definition) is 4.